The summed E-state index contributed by atoms with van der Waals surface area (Å²) in [7, 11) is 0. The zero-order valence-corrected chi connectivity index (χ0v) is 12.9. The molecule has 4 atom stereocenters. The molecule has 0 saturated heterocycles. The molecular formula is C15H22F2N4O. The van der Waals surface area contributed by atoms with Crippen molar-refractivity contribution < 1.29 is 13.6 Å². The Morgan fingerprint density at radius 2 is 2.18 bits per heavy atom. The molecule has 22 heavy (non-hydrogen) atoms. The van der Waals surface area contributed by atoms with Crippen LogP contribution < -0.4 is 5.32 Å². The van der Waals surface area contributed by atoms with Crippen LogP contribution in [0.15, 0.2) is 0 Å². The summed E-state index contributed by atoms with van der Waals surface area (Å²) in [4.78, 5) is 15.8. The van der Waals surface area contributed by atoms with Crippen LogP contribution in [0.2, 0.25) is 0 Å². The number of fused-ring (bicyclic) bond motifs is 2. The molecular weight excluding hydrogens is 290 g/mol. The van der Waals surface area contributed by atoms with Crippen LogP contribution in [-0.4, -0.2) is 26.7 Å². The van der Waals surface area contributed by atoms with E-state index in [1.165, 1.54) is 32.6 Å². The monoisotopic (exact) mass is 312 g/mol. The molecule has 4 unspecified atom stereocenters. The molecule has 0 aromatic carbocycles. The van der Waals surface area contributed by atoms with Gasteiger partial charge in [-0.3, -0.25) is 4.79 Å². The van der Waals surface area contributed by atoms with Gasteiger partial charge in [-0.2, -0.15) is 5.10 Å². The molecule has 2 aliphatic carbocycles. The van der Waals surface area contributed by atoms with E-state index in [4.69, 9.17) is 0 Å². The van der Waals surface area contributed by atoms with Gasteiger partial charge in [0.2, 0.25) is 5.91 Å². The van der Waals surface area contributed by atoms with Crippen LogP contribution in [0.1, 0.15) is 50.7 Å². The van der Waals surface area contributed by atoms with Crippen LogP contribution in [0.3, 0.4) is 0 Å². The number of rotatable bonds is 5. The predicted molar refractivity (Wildman–Crippen MR) is 76.3 cm³/mol. The highest BCUT2D eigenvalue weighted by Crippen LogP contribution is 2.49. The molecule has 2 fully saturated rings. The summed E-state index contributed by atoms with van der Waals surface area (Å²) in [5, 5.41) is 6.84. The van der Waals surface area contributed by atoms with E-state index in [0.29, 0.717) is 11.8 Å². The summed E-state index contributed by atoms with van der Waals surface area (Å²) in [6.07, 6.45) is 2.31. The van der Waals surface area contributed by atoms with Crippen molar-refractivity contribution in [2.45, 2.75) is 58.5 Å². The van der Waals surface area contributed by atoms with Crippen LogP contribution in [0, 0.1) is 24.7 Å². The van der Waals surface area contributed by atoms with Crippen LogP contribution in [0.25, 0.3) is 0 Å². The molecule has 1 heterocycles. The van der Waals surface area contributed by atoms with Crippen molar-refractivity contribution in [3.05, 3.63) is 11.6 Å². The number of hydrogen-bond acceptors (Lipinski definition) is 3. The quantitative estimate of drug-likeness (QED) is 0.908. The number of alkyl halides is 2. The average molecular weight is 312 g/mol. The summed E-state index contributed by atoms with van der Waals surface area (Å²) in [5.74, 6) is 1.59. The minimum Gasteiger partial charge on any atom is -0.352 e. The number of nitrogens with zero attached hydrogens (tertiary/aromatic N) is 3. The highest BCUT2D eigenvalue weighted by molar-refractivity contribution is 5.76. The number of carbonyl (C=O) groups is 1. The highest BCUT2D eigenvalue weighted by atomic mass is 19.3. The van der Waals surface area contributed by atoms with Crippen molar-refractivity contribution in [2.24, 2.45) is 17.8 Å². The van der Waals surface area contributed by atoms with E-state index in [1.54, 1.807) is 0 Å². The Bertz CT molecular complexity index is 560. The first-order chi connectivity index (χ1) is 10.4. The fraction of sp³-hybridized carbons (Fsp3) is 0.800. The molecule has 122 valence electrons. The van der Waals surface area contributed by atoms with Crippen LogP contribution >= 0.6 is 0 Å². The lowest BCUT2D eigenvalue weighted by Crippen LogP contribution is -2.41. The lowest BCUT2D eigenvalue weighted by molar-refractivity contribution is -0.123. The first kappa shape index (κ1) is 15.4. The SMILES string of the molecule is Cc1nc(C(F)F)n(CC(=O)NC(C)C2CC3CCC2C3)n1. The number of amides is 1. The lowest BCUT2D eigenvalue weighted by atomic mass is 9.84. The number of aromatic nitrogens is 3. The second-order valence-corrected chi connectivity index (χ2v) is 6.67. The van der Waals surface area contributed by atoms with E-state index in [9.17, 15) is 13.6 Å². The second-order valence-electron chi connectivity index (χ2n) is 6.67. The van der Waals surface area contributed by atoms with Gasteiger partial charge in [0.1, 0.15) is 12.4 Å². The molecule has 0 radical (unpaired) electrons. The Hall–Kier alpha value is -1.53. The van der Waals surface area contributed by atoms with Gasteiger partial charge in [0, 0.05) is 6.04 Å². The predicted octanol–water partition coefficient (Wildman–Crippen LogP) is 2.47. The summed E-state index contributed by atoms with van der Waals surface area (Å²) in [5.41, 5.74) is 0. The normalized spacial score (nSPS) is 28.3. The molecule has 1 aromatic heterocycles. The van der Waals surface area contributed by atoms with Gasteiger partial charge in [0.05, 0.1) is 0 Å². The van der Waals surface area contributed by atoms with Crippen LogP contribution in [0.4, 0.5) is 8.78 Å². The Morgan fingerprint density at radius 1 is 1.41 bits per heavy atom. The zero-order chi connectivity index (χ0) is 15.9. The van der Waals surface area contributed by atoms with Crippen molar-refractivity contribution in [3.63, 3.8) is 0 Å². The van der Waals surface area contributed by atoms with Gasteiger partial charge in [0.25, 0.3) is 6.43 Å². The largest absolute Gasteiger partial charge is 0.352 e. The van der Waals surface area contributed by atoms with Crippen molar-refractivity contribution in [2.75, 3.05) is 0 Å². The Kier molecular flexibility index (Phi) is 4.14. The number of nitrogens with one attached hydrogen (secondary N) is 1. The number of aryl methyl sites for hydroxylation is 1. The van der Waals surface area contributed by atoms with Gasteiger partial charge in [0.15, 0.2) is 5.82 Å². The summed E-state index contributed by atoms with van der Waals surface area (Å²) >= 11 is 0. The fourth-order valence-corrected chi connectivity index (χ4v) is 4.20. The number of carbonyl (C=O) groups excluding carboxylic acids is 1. The maximum atomic E-state index is 12.8. The van der Waals surface area contributed by atoms with E-state index in [0.717, 1.165) is 10.6 Å². The van der Waals surface area contributed by atoms with Gasteiger partial charge in [-0.25, -0.2) is 18.4 Å². The molecule has 0 aliphatic heterocycles. The minimum absolute atomic E-state index is 0.0856. The first-order valence-corrected chi connectivity index (χ1v) is 7.93. The Morgan fingerprint density at radius 3 is 2.77 bits per heavy atom. The van der Waals surface area contributed by atoms with Crippen LogP contribution in [-0.2, 0) is 11.3 Å². The smallest absolute Gasteiger partial charge is 0.297 e. The summed E-state index contributed by atoms with van der Waals surface area (Å²) < 4.78 is 26.7. The van der Waals surface area contributed by atoms with Gasteiger partial charge in [-0.05, 0) is 50.9 Å². The number of halogens is 2. The van der Waals surface area contributed by atoms with Crippen LogP contribution in [0.5, 0.6) is 0 Å². The molecule has 2 saturated carbocycles. The second kappa shape index (κ2) is 5.93. The Balaban J connectivity index is 1.58. The van der Waals surface area contributed by atoms with Gasteiger partial charge >= 0.3 is 0 Å². The van der Waals surface area contributed by atoms with Gasteiger partial charge in [-0.15, -0.1) is 0 Å². The molecule has 2 bridgehead atoms. The van der Waals surface area contributed by atoms with E-state index in [2.05, 4.69) is 15.4 Å². The summed E-state index contributed by atoms with van der Waals surface area (Å²) in [6.45, 7) is 3.35. The molecule has 7 heteroatoms. The molecule has 1 amide bonds. The standard InChI is InChI=1S/C15H22F2N4O/c1-8(12-6-10-3-4-11(12)5-10)18-13(22)7-21-15(14(16)17)19-9(2)20-21/h8,10-12,14H,3-7H2,1-2H3,(H,18,22). The molecule has 5 nitrogen and oxygen atoms in total. The maximum absolute atomic E-state index is 12.8. The highest BCUT2D eigenvalue weighted by Gasteiger charge is 2.42. The fourth-order valence-electron chi connectivity index (χ4n) is 4.20. The third kappa shape index (κ3) is 2.98. The van der Waals surface area contributed by atoms with E-state index >= 15 is 0 Å². The first-order valence-electron chi connectivity index (χ1n) is 7.93. The van der Waals surface area contributed by atoms with E-state index < -0.39 is 12.2 Å². The van der Waals surface area contributed by atoms with Crippen molar-refractivity contribution >= 4 is 5.91 Å². The molecule has 3 rings (SSSR count). The topological polar surface area (TPSA) is 59.8 Å². The van der Waals surface area contributed by atoms with Crippen molar-refractivity contribution in [1.29, 1.82) is 0 Å². The van der Waals surface area contributed by atoms with E-state index in [1.807, 2.05) is 6.92 Å². The number of hydrogen-bond donors (Lipinski definition) is 1. The average Bonchev–Trinajstić information content (AvgIpc) is 3.13. The molecule has 1 aromatic rings. The van der Waals surface area contributed by atoms with E-state index in [-0.39, 0.29) is 24.3 Å². The zero-order valence-electron chi connectivity index (χ0n) is 12.9. The van der Waals surface area contributed by atoms with Gasteiger partial charge in [-0.1, -0.05) is 6.42 Å². The lowest BCUT2D eigenvalue weighted by Gasteiger charge is -2.28. The van der Waals surface area contributed by atoms with Crippen molar-refractivity contribution in [1.82, 2.24) is 20.1 Å². The molecule has 0 spiro atoms. The summed E-state index contributed by atoms with van der Waals surface area (Å²) in [6, 6.07) is 0.0856. The minimum atomic E-state index is -2.73. The molecule has 2 aliphatic rings. The third-order valence-electron chi connectivity index (χ3n) is 5.12. The van der Waals surface area contributed by atoms with Crippen molar-refractivity contribution in [3.8, 4) is 0 Å². The molecule has 1 N–H and O–H groups in total. The Labute approximate surface area is 128 Å². The third-order valence-corrected chi connectivity index (χ3v) is 5.12. The van der Waals surface area contributed by atoms with Gasteiger partial charge < -0.3 is 5.32 Å². The maximum Gasteiger partial charge on any atom is 0.297 e.